The maximum Gasteiger partial charge on any atom is 0.415 e. The molecule has 2 atom stereocenters. The lowest BCUT2D eigenvalue weighted by Crippen LogP contribution is -2.41. The Bertz CT molecular complexity index is 1210. The van der Waals surface area contributed by atoms with Crippen molar-refractivity contribution in [3.63, 3.8) is 0 Å². The minimum absolute atomic E-state index is 0.145. The standard InChI is InChI=1S/C20H19FN7O4/c1-26-24-23-25-28(26)18-5-3-11(10-22-18)13-7-12-8-16-17(4-6-19(29)31-2)32-20(30)27(16)15(12)9-14(13)21/h3,5,7,9-10,16-17H,4,6,8H2,1-2H3/q+1/t16-,17-/m0/s1. The molecule has 0 unspecified atom stereocenters. The number of hydrogen-bond acceptors (Lipinski definition) is 8. The van der Waals surface area contributed by atoms with Crippen LogP contribution in [0.5, 0.6) is 0 Å². The largest absolute Gasteiger partial charge is 0.469 e. The Labute approximate surface area is 181 Å². The highest BCUT2D eigenvalue weighted by molar-refractivity contribution is 5.94. The molecule has 0 bridgehead atoms. The quantitative estimate of drug-likeness (QED) is 0.424. The summed E-state index contributed by atoms with van der Waals surface area (Å²) in [6.07, 6.45) is 1.56. The monoisotopic (exact) mass is 440 g/mol. The van der Waals surface area contributed by atoms with Crippen LogP contribution in [0, 0.1) is 5.82 Å². The van der Waals surface area contributed by atoms with Gasteiger partial charge in [-0.2, -0.15) is 0 Å². The molecule has 0 radical (unpaired) electrons. The number of hydrogen-bond donors (Lipinski definition) is 0. The number of carbonyl (C=O) groups is 2. The number of carbonyl (C=O) groups excluding carboxylic acids is 2. The van der Waals surface area contributed by atoms with Gasteiger partial charge in [-0.25, -0.2) is 14.2 Å². The van der Waals surface area contributed by atoms with E-state index in [2.05, 4.69) is 25.4 Å². The van der Waals surface area contributed by atoms with Crippen molar-refractivity contribution < 1.29 is 28.2 Å². The lowest BCUT2D eigenvalue weighted by atomic mass is 9.99. The number of ether oxygens (including phenoxy) is 2. The third kappa shape index (κ3) is 3.24. The number of halogens is 1. The molecule has 2 aliphatic heterocycles. The molecule has 0 N–H and O–H groups in total. The summed E-state index contributed by atoms with van der Waals surface area (Å²) in [7, 11) is 2.99. The number of aryl methyl sites for hydroxylation is 1. The number of cyclic esters (lactones) is 1. The summed E-state index contributed by atoms with van der Waals surface area (Å²) in [6.45, 7) is 0. The first-order valence-corrected chi connectivity index (χ1v) is 9.97. The van der Waals surface area contributed by atoms with Crippen LogP contribution in [0.3, 0.4) is 0 Å². The van der Waals surface area contributed by atoms with Crippen molar-refractivity contribution in [1.82, 2.24) is 25.4 Å². The maximum atomic E-state index is 15.0. The van der Waals surface area contributed by atoms with Crippen molar-refractivity contribution in [3.8, 4) is 16.9 Å². The van der Waals surface area contributed by atoms with Crippen LogP contribution in [-0.4, -0.2) is 56.7 Å². The minimum Gasteiger partial charge on any atom is -0.469 e. The average molecular weight is 440 g/mol. The van der Waals surface area contributed by atoms with Gasteiger partial charge in [-0.15, -0.1) is 0 Å². The first-order chi connectivity index (χ1) is 15.5. The molecule has 1 aromatic carbocycles. The van der Waals surface area contributed by atoms with Gasteiger partial charge in [-0.1, -0.05) is 4.80 Å². The predicted molar refractivity (Wildman–Crippen MR) is 105 cm³/mol. The van der Waals surface area contributed by atoms with Crippen LogP contribution in [-0.2, 0) is 27.7 Å². The molecule has 4 heterocycles. The van der Waals surface area contributed by atoms with Gasteiger partial charge in [-0.05, 0) is 42.7 Å². The fourth-order valence-electron chi connectivity index (χ4n) is 4.19. The van der Waals surface area contributed by atoms with E-state index in [0.717, 1.165) is 5.56 Å². The molecule has 2 aromatic heterocycles. The molecule has 32 heavy (non-hydrogen) atoms. The zero-order valence-corrected chi connectivity index (χ0v) is 17.3. The SMILES string of the molecule is COC(=O)CC[C@@H]1OC(=O)N2c3cc(F)c(-c4ccc(-n5nnn[n+]5C)nc4)cc3C[C@@H]12. The fraction of sp³-hybridized carbons (Fsp3) is 0.350. The number of pyridine rings is 1. The van der Waals surface area contributed by atoms with E-state index >= 15 is 4.39 Å². The van der Waals surface area contributed by atoms with E-state index in [1.54, 1.807) is 31.4 Å². The van der Waals surface area contributed by atoms with Gasteiger partial charge in [0.1, 0.15) is 24.2 Å². The number of amides is 1. The van der Waals surface area contributed by atoms with Gasteiger partial charge in [0.05, 0.1) is 18.8 Å². The van der Waals surface area contributed by atoms with Gasteiger partial charge in [0, 0.05) is 28.5 Å². The molecule has 0 aliphatic carbocycles. The van der Waals surface area contributed by atoms with Crippen LogP contribution in [0.2, 0.25) is 0 Å². The number of rotatable bonds is 5. The predicted octanol–water partition coefficient (Wildman–Crippen LogP) is 0.891. The second-order valence-electron chi connectivity index (χ2n) is 7.59. The Morgan fingerprint density at radius 3 is 2.91 bits per heavy atom. The van der Waals surface area contributed by atoms with Crippen LogP contribution in [0.1, 0.15) is 18.4 Å². The molecule has 5 rings (SSSR count). The normalized spacial score (nSPS) is 19.0. The number of aromatic nitrogens is 6. The Morgan fingerprint density at radius 2 is 2.22 bits per heavy atom. The second kappa shape index (κ2) is 7.62. The van der Waals surface area contributed by atoms with Crippen molar-refractivity contribution in [3.05, 3.63) is 41.8 Å². The second-order valence-corrected chi connectivity index (χ2v) is 7.59. The molecule has 1 fully saturated rings. The number of anilines is 1. The summed E-state index contributed by atoms with van der Waals surface area (Å²) >= 11 is 0. The van der Waals surface area contributed by atoms with Gasteiger partial charge in [0.15, 0.2) is 0 Å². The van der Waals surface area contributed by atoms with Crippen LogP contribution in [0.15, 0.2) is 30.5 Å². The molecule has 1 saturated heterocycles. The number of fused-ring (bicyclic) bond motifs is 3. The van der Waals surface area contributed by atoms with Crippen molar-refractivity contribution in [2.24, 2.45) is 7.05 Å². The number of methoxy groups -OCH3 is 1. The summed E-state index contributed by atoms with van der Waals surface area (Å²) in [6, 6.07) is 6.23. The van der Waals surface area contributed by atoms with Gasteiger partial charge in [0.2, 0.25) is 16.2 Å². The van der Waals surface area contributed by atoms with E-state index in [0.29, 0.717) is 35.5 Å². The molecule has 11 nitrogen and oxygen atoms in total. The molecular formula is C20H19FN7O4+. The minimum atomic E-state index is -0.531. The van der Waals surface area contributed by atoms with E-state index in [9.17, 15) is 9.59 Å². The van der Waals surface area contributed by atoms with Crippen LogP contribution in [0.4, 0.5) is 14.9 Å². The highest BCUT2D eigenvalue weighted by atomic mass is 19.1. The van der Waals surface area contributed by atoms with E-state index in [-0.39, 0.29) is 18.4 Å². The number of nitrogens with zero attached hydrogens (tertiary/aromatic N) is 7. The van der Waals surface area contributed by atoms with Crippen LogP contribution >= 0.6 is 0 Å². The van der Waals surface area contributed by atoms with Crippen molar-refractivity contribution in [2.75, 3.05) is 12.0 Å². The van der Waals surface area contributed by atoms with Crippen molar-refractivity contribution in [1.29, 1.82) is 0 Å². The Balaban J connectivity index is 1.41. The smallest absolute Gasteiger partial charge is 0.415 e. The third-order valence-corrected chi connectivity index (χ3v) is 5.76. The van der Waals surface area contributed by atoms with E-state index in [1.807, 2.05) is 0 Å². The van der Waals surface area contributed by atoms with Gasteiger partial charge in [0.25, 0.3) is 0 Å². The Morgan fingerprint density at radius 1 is 1.38 bits per heavy atom. The summed E-state index contributed by atoms with van der Waals surface area (Å²) < 4.78 is 25.1. The number of benzene rings is 1. The molecule has 1 amide bonds. The zero-order valence-electron chi connectivity index (χ0n) is 17.3. The molecule has 164 valence electrons. The first-order valence-electron chi connectivity index (χ1n) is 9.97. The molecule has 0 spiro atoms. The first kappa shape index (κ1) is 20.0. The maximum absolute atomic E-state index is 15.0. The molecule has 12 heteroatoms. The van der Waals surface area contributed by atoms with Gasteiger partial charge in [-0.3, -0.25) is 9.69 Å². The molecular weight excluding hydrogens is 421 g/mol. The third-order valence-electron chi connectivity index (χ3n) is 5.76. The van der Waals surface area contributed by atoms with Crippen molar-refractivity contribution in [2.45, 2.75) is 31.4 Å². The lowest BCUT2D eigenvalue weighted by Gasteiger charge is -2.16. The Hall–Kier alpha value is -3.96. The Kier molecular flexibility index (Phi) is 4.76. The summed E-state index contributed by atoms with van der Waals surface area (Å²) in [5.41, 5.74) is 2.29. The highest BCUT2D eigenvalue weighted by Crippen LogP contribution is 2.42. The number of esters is 1. The molecule has 3 aromatic rings. The summed E-state index contributed by atoms with van der Waals surface area (Å²) in [4.78, 5) is 32.5. The van der Waals surface area contributed by atoms with Gasteiger partial charge >= 0.3 is 12.1 Å². The molecule has 0 saturated carbocycles. The van der Waals surface area contributed by atoms with E-state index in [4.69, 9.17) is 4.74 Å². The van der Waals surface area contributed by atoms with Crippen LogP contribution < -0.4 is 9.70 Å². The van der Waals surface area contributed by atoms with Crippen molar-refractivity contribution >= 4 is 17.7 Å². The van der Waals surface area contributed by atoms with Crippen LogP contribution in [0.25, 0.3) is 16.9 Å². The molecule has 2 aliphatic rings. The van der Waals surface area contributed by atoms with E-state index in [1.165, 1.54) is 27.7 Å². The highest BCUT2D eigenvalue weighted by Gasteiger charge is 2.47. The summed E-state index contributed by atoms with van der Waals surface area (Å²) in [5, 5.41) is 11.1. The summed E-state index contributed by atoms with van der Waals surface area (Å²) in [5.74, 6) is -0.355. The van der Waals surface area contributed by atoms with Gasteiger partial charge < -0.3 is 9.47 Å². The fourth-order valence-corrected chi connectivity index (χ4v) is 4.19. The zero-order chi connectivity index (χ0) is 22.4. The lowest BCUT2D eigenvalue weighted by molar-refractivity contribution is -0.803. The van der Waals surface area contributed by atoms with E-state index < -0.39 is 18.0 Å². The average Bonchev–Trinajstić information content (AvgIpc) is 3.46. The topological polar surface area (TPSA) is 116 Å².